The van der Waals surface area contributed by atoms with E-state index in [9.17, 15) is 10.1 Å². The Hall–Kier alpha value is -2.17. The molecule has 2 aromatic rings. The Balaban J connectivity index is 2.23. The predicted octanol–water partition coefficient (Wildman–Crippen LogP) is 3.12. The van der Waals surface area contributed by atoms with E-state index in [1.165, 1.54) is 12.1 Å². The number of hydrogen-bond donors (Lipinski definition) is 0. The largest absolute Gasteiger partial charge is 0.271 e. The zero-order valence-corrected chi connectivity index (χ0v) is 10.2. The van der Waals surface area contributed by atoms with Gasteiger partial charge in [0.1, 0.15) is 0 Å². The Morgan fingerprint density at radius 1 is 1.39 bits per heavy atom. The lowest BCUT2D eigenvalue weighted by molar-refractivity contribution is -0.384. The summed E-state index contributed by atoms with van der Waals surface area (Å²) >= 11 is 0. The zero-order valence-electron chi connectivity index (χ0n) is 10.2. The molecular weight excluding hydrogens is 230 g/mol. The molecule has 1 heterocycles. The molecule has 0 fully saturated rings. The van der Waals surface area contributed by atoms with Crippen LogP contribution in [0.2, 0.25) is 0 Å². The van der Waals surface area contributed by atoms with E-state index in [1.54, 1.807) is 10.7 Å². The van der Waals surface area contributed by atoms with Gasteiger partial charge in [0, 0.05) is 18.3 Å². The molecule has 0 aliphatic heterocycles. The van der Waals surface area contributed by atoms with Crippen molar-refractivity contribution in [3.63, 3.8) is 0 Å². The van der Waals surface area contributed by atoms with Gasteiger partial charge in [-0.1, -0.05) is 19.4 Å². The summed E-state index contributed by atoms with van der Waals surface area (Å²) in [6.45, 7) is 2.14. The van der Waals surface area contributed by atoms with Gasteiger partial charge in [0.2, 0.25) is 0 Å². The third-order valence-corrected chi connectivity index (χ3v) is 2.74. The molecule has 1 aromatic heterocycles. The molecule has 0 spiro atoms. The van der Waals surface area contributed by atoms with E-state index in [0.29, 0.717) is 5.69 Å². The minimum absolute atomic E-state index is 0.0816. The number of aromatic nitrogens is 2. The summed E-state index contributed by atoms with van der Waals surface area (Å²) in [7, 11) is 0. The van der Waals surface area contributed by atoms with Gasteiger partial charge in [0.05, 0.1) is 16.3 Å². The Kier molecular flexibility index (Phi) is 3.72. The third-order valence-electron chi connectivity index (χ3n) is 2.74. The molecule has 5 nitrogen and oxygen atoms in total. The van der Waals surface area contributed by atoms with Crippen LogP contribution in [-0.2, 0) is 6.42 Å². The molecule has 0 N–H and O–H groups in total. The quantitative estimate of drug-likeness (QED) is 0.600. The van der Waals surface area contributed by atoms with E-state index < -0.39 is 4.92 Å². The third kappa shape index (κ3) is 2.74. The average Bonchev–Trinajstić information content (AvgIpc) is 2.85. The van der Waals surface area contributed by atoms with Crippen molar-refractivity contribution in [3.05, 3.63) is 52.3 Å². The fraction of sp³-hybridized carbons (Fsp3) is 0.308. The molecule has 1 aromatic carbocycles. The Morgan fingerprint density at radius 3 is 2.94 bits per heavy atom. The van der Waals surface area contributed by atoms with E-state index in [0.717, 1.165) is 25.0 Å². The van der Waals surface area contributed by atoms with Gasteiger partial charge in [-0.25, -0.2) is 4.68 Å². The number of unbranched alkanes of at least 4 members (excludes halogenated alkanes) is 1. The molecule has 0 radical (unpaired) electrons. The molecule has 0 amide bonds. The van der Waals surface area contributed by atoms with Crippen LogP contribution >= 0.6 is 0 Å². The van der Waals surface area contributed by atoms with E-state index in [4.69, 9.17) is 0 Å². The summed E-state index contributed by atoms with van der Waals surface area (Å²) < 4.78 is 1.68. The maximum absolute atomic E-state index is 10.7. The van der Waals surface area contributed by atoms with Crippen molar-refractivity contribution in [2.45, 2.75) is 26.2 Å². The molecule has 18 heavy (non-hydrogen) atoms. The summed E-state index contributed by atoms with van der Waals surface area (Å²) in [5.74, 6) is 0. The van der Waals surface area contributed by atoms with Crippen molar-refractivity contribution in [2.75, 3.05) is 0 Å². The van der Waals surface area contributed by atoms with Gasteiger partial charge in [-0.2, -0.15) is 5.10 Å². The van der Waals surface area contributed by atoms with Crippen molar-refractivity contribution in [1.29, 1.82) is 0 Å². The van der Waals surface area contributed by atoms with Crippen LogP contribution in [0.1, 0.15) is 25.5 Å². The number of nitrogens with zero attached hydrogens (tertiary/aromatic N) is 3. The number of rotatable bonds is 5. The van der Waals surface area contributed by atoms with Gasteiger partial charge in [-0.3, -0.25) is 10.1 Å². The maximum atomic E-state index is 10.7. The molecule has 94 valence electrons. The number of non-ortho nitro benzene ring substituents is 1. The summed E-state index contributed by atoms with van der Waals surface area (Å²) in [5, 5.41) is 15.1. The fourth-order valence-electron chi connectivity index (χ4n) is 1.75. The highest BCUT2D eigenvalue weighted by atomic mass is 16.6. The van der Waals surface area contributed by atoms with Crippen LogP contribution in [0, 0.1) is 10.1 Å². The van der Waals surface area contributed by atoms with Crippen LogP contribution in [0.3, 0.4) is 0 Å². The second-order valence-electron chi connectivity index (χ2n) is 4.13. The van der Waals surface area contributed by atoms with E-state index in [1.807, 2.05) is 18.3 Å². The van der Waals surface area contributed by atoms with E-state index >= 15 is 0 Å². The molecule has 0 aliphatic rings. The van der Waals surface area contributed by atoms with Gasteiger partial charge in [-0.05, 0) is 25.0 Å². The number of nitro groups is 1. The highest BCUT2D eigenvalue weighted by Crippen LogP contribution is 2.16. The first-order valence-corrected chi connectivity index (χ1v) is 6.00. The van der Waals surface area contributed by atoms with Crippen LogP contribution < -0.4 is 0 Å². The van der Waals surface area contributed by atoms with Crippen LogP contribution in [0.15, 0.2) is 36.5 Å². The summed E-state index contributed by atoms with van der Waals surface area (Å²) in [4.78, 5) is 10.3. The Morgan fingerprint density at radius 2 is 2.22 bits per heavy atom. The average molecular weight is 245 g/mol. The maximum Gasteiger partial charge on any atom is 0.271 e. The van der Waals surface area contributed by atoms with Gasteiger partial charge in [0.15, 0.2) is 0 Å². The van der Waals surface area contributed by atoms with E-state index in [-0.39, 0.29) is 5.69 Å². The molecule has 0 atom stereocenters. The molecular formula is C13H15N3O2. The molecule has 2 rings (SSSR count). The first-order valence-electron chi connectivity index (χ1n) is 6.00. The number of hydrogen-bond acceptors (Lipinski definition) is 3. The van der Waals surface area contributed by atoms with Crippen molar-refractivity contribution in [3.8, 4) is 5.69 Å². The predicted molar refractivity (Wildman–Crippen MR) is 68.8 cm³/mol. The van der Waals surface area contributed by atoms with Gasteiger partial charge >= 0.3 is 0 Å². The van der Waals surface area contributed by atoms with Crippen molar-refractivity contribution in [2.24, 2.45) is 0 Å². The zero-order chi connectivity index (χ0) is 13.0. The van der Waals surface area contributed by atoms with Crippen molar-refractivity contribution in [1.82, 2.24) is 9.78 Å². The molecule has 0 saturated heterocycles. The Bertz CT molecular complexity index is 549. The van der Waals surface area contributed by atoms with Gasteiger partial charge < -0.3 is 0 Å². The highest BCUT2D eigenvalue weighted by molar-refractivity contribution is 5.42. The fourth-order valence-corrected chi connectivity index (χ4v) is 1.75. The van der Waals surface area contributed by atoms with Gasteiger partial charge in [0.25, 0.3) is 5.69 Å². The number of nitro benzene ring substituents is 1. The molecule has 0 bridgehead atoms. The summed E-state index contributed by atoms with van der Waals surface area (Å²) in [6, 6.07) is 8.43. The lowest BCUT2D eigenvalue weighted by Crippen LogP contribution is -1.97. The Labute approximate surface area is 105 Å². The van der Waals surface area contributed by atoms with Crippen molar-refractivity contribution >= 4 is 5.69 Å². The molecule has 0 unspecified atom stereocenters. The molecule has 5 heteroatoms. The van der Waals surface area contributed by atoms with Crippen LogP contribution in [0.4, 0.5) is 5.69 Å². The topological polar surface area (TPSA) is 61.0 Å². The van der Waals surface area contributed by atoms with E-state index in [2.05, 4.69) is 12.0 Å². The lowest BCUT2D eigenvalue weighted by Gasteiger charge is -2.00. The standard InChI is InChI=1S/C13H15N3O2/c1-2-3-5-11-8-9-15(14-11)12-6-4-7-13(10-12)16(17)18/h4,6-10H,2-3,5H2,1H3. The van der Waals surface area contributed by atoms with Crippen molar-refractivity contribution < 1.29 is 4.92 Å². The number of aryl methyl sites for hydroxylation is 1. The lowest BCUT2D eigenvalue weighted by atomic mass is 10.2. The normalized spacial score (nSPS) is 10.5. The molecule has 0 saturated carbocycles. The first-order chi connectivity index (χ1) is 8.70. The smallest absolute Gasteiger partial charge is 0.258 e. The monoisotopic (exact) mass is 245 g/mol. The van der Waals surface area contributed by atoms with Gasteiger partial charge in [-0.15, -0.1) is 0 Å². The minimum atomic E-state index is -0.398. The van der Waals surface area contributed by atoms with Crippen LogP contribution in [0.5, 0.6) is 0 Å². The molecule has 0 aliphatic carbocycles. The van der Waals surface area contributed by atoms with Crippen LogP contribution in [-0.4, -0.2) is 14.7 Å². The highest BCUT2D eigenvalue weighted by Gasteiger charge is 2.07. The van der Waals surface area contributed by atoms with Crippen LogP contribution in [0.25, 0.3) is 5.69 Å². The number of benzene rings is 1. The second kappa shape index (κ2) is 5.44. The summed E-state index contributed by atoms with van der Waals surface area (Å²) in [6.07, 6.45) is 5.01. The second-order valence-corrected chi connectivity index (χ2v) is 4.13. The minimum Gasteiger partial charge on any atom is -0.258 e. The first kappa shape index (κ1) is 12.3. The summed E-state index contributed by atoms with van der Waals surface area (Å²) in [5.41, 5.74) is 1.81. The SMILES string of the molecule is CCCCc1ccn(-c2cccc([N+](=O)[O-])c2)n1.